The molecule has 4 N–H and O–H groups in total. The third-order valence-electron chi connectivity index (χ3n) is 1.69. The van der Waals surface area contributed by atoms with E-state index in [-0.39, 0.29) is 19.0 Å². The van der Waals surface area contributed by atoms with Gasteiger partial charge in [-0.2, -0.15) is 0 Å². The quantitative estimate of drug-likeness (QED) is 0.696. The van der Waals surface area contributed by atoms with Crippen LogP contribution in [0.15, 0.2) is 24.3 Å². The van der Waals surface area contributed by atoms with Gasteiger partial charge in [-0.1, -0.05) is 17.7 Å². The molecule has 1 rings (SSSR count). The van der Waals surface area contributed by atoms with E-state index in [0.717, 1.165) is 0 Å². The summed E-state index contributed by atoms with van der Waals surface area (Å²) in [4.78, 5) is 21.7. The maximum atomic E-state index is 11.3. The molecule has 0 saturated heterocycles. The average Bonchev–Trinajstić information content (AvgIpc) is 2.16. The van der Waals surface area contributed by atoms with Crippen molar-refractivity contribution in [3.05, 3.63) is 29.3 Å². The molecule has 0 unspecified atom stereocenters. The van der Waals surface area contributed by atoms with Crippen LogP contribution in [0.5, 0.6) is 0 Å². The molecule has 86 valence electrons. The van der Waals surface area contributed by atoms with E-state index < -0.39 is 5.91 Å². The molecule has 0 heterocycles. The van der Waals surface area contributed by atoms with E-state index in [0.29, 0.717) is 10.7 Å². The predicted molar refractivity (Wildman–Crippen MR) is 62.1 cm³/mol. The summed E-state index contributed by atoms with van der Waals surface area (Å²) in [7, 11) is 0. The Labute approximate surface area is 98.0 Å². The van der Waals surface area contributed by atoms with Crippen LogP contribution in [-0.4, -0.2) is 24.9 Å². The van der Waals surface area contributed by atoms with E-state index >= 15 is 0 Å². The van der Waals surface area contributed by atoms with Crippen LogP contribution in [0.1, 0.15) is 0 Å². The first-order valence-electron chi connectivity index (χ1n) is 4.62. The van der Waals surface area contributed by atoms with E-state index in [1.54, 1.807) is 24.3 Å². The smallest absolute Gasteiger partial charge is 0.238 e. The second-order valence-electron chi connectivity index (χ2n) is 3.13. The summed E-state index contributed by atoms with van der Waals surface area (Å²) in [6.07, 6.45) is 0. The highest BCUT2D eigenvalue weighted by molar-refractivity contribution is 6.30. The van der Waals surface area contributed by atoms with Gasteiger partial charge in [0, 0.05) is 10.7 Å². The van der Waals surface area contributed by atoms with Gasteiger partial charge in [0.1, 0.15) is 0 Å². The zero-order valence-corrected chi connectivity index (χ0v) is 9.25. The van der Waals surface area contributed by atoms with Gasteiger partial charge in [-0.3, -0.25) is 14.9 Å². The van der Waals surface area contributed by atoms with E-state index in [1.807, 2.05) is 0 Å². The van der Waals surface area contributed by atoms with Gasteiger partial charge in [-0.25, -0.2) is 0 Å². The van der Waals surface area contributed by atoms with Crippen LogP contribution >= 0.6 is 11.6 Å². The van der Waals surface area contributed by atoms with Gasteiger partial charge in [-0.15, -0.1) is 0 Å². The van der Waals surface area contributed by atoms with Crippen molar-refractivity contribution in [2.24, 2.45) is 5.73 Å². The van der Waals surface area contributed by atoms with Crippen molar-refractivity contribution >= 4 is 29.1 Å². The molecule has 0 aromatic heterocycles. The second kappa shape index (κ2) is 6.09. The maximum absolute atomic E-state index is 11.3. The fourth-order valence-corrected chi connectivity index (χ4v) is 1.26. The van der Waals surface area contributed by atoms with Crippen LogP contribution < -0.4 is 16.4 Å². The number of halogens is 1. The van der Waals surface area contributed by atoms with Crippen molar-refractivity contribution in [1.82, 2.24) is 5.32 Å². The number of hydrogen-bond acceptors (Lipinski definition) is 3. The van der Waals surface area contributed by atoms with E-state index in [1.165, 1.54) is 0 Å². The third kappa shape index (κ3) is 4.77. The number of primary amides is 1. The molecule has 0 spiro atoms. The minimum absolute atomic E-state index is 0.0233. The summed E-state index contributed by atoms with van der Waals surface area (Å²) in [5.74, 6) is -0.765. The lowest BCUT2D eigenvalue weighted by atomic mass is 10.3. The van der Waals surface area contributed by atoms with Gasteiger partial charge < -0.3 is 11.1 Å². The Bertz CT molecular complexity index is 395. The second-order valence-corrected chi connectivity index (χ2v) is 3.56. The Balaban J connectivity index is 2.37. The summed E-state index contributed by atoms with van der Waals surface area (Å²) in [6, 6.07) is 6.79. The molecule has 5 nitrogen and oxygen atoms in total. The lowest BCUT2D eigenvalue weighted by Crippen LogP contribution is -2.34. The van der Waals surface area contributed by atoms with Gasteiger partial charge in [0.2, 0.25) is 11.8 Å². The van der Waals surface area contributed by atoms with Gasteiger partial charge in [0.25, 0.3) is 0 Å². The fraction of sp³-hybridized carbons (Fsp3) is 0.200. The largest absolute Gasteiger partial charge is 0.369 e. The molecule has 2 amide bonds. The fourth-order valence-electron chi connectivity index (χ4n) is 1.07. The Morgan fingerprint density at radius 3 is 2.69 bits per heavy atom. The number of hydrogen-bond donors (Lipinski definition) is 3. The van der Waals surface area contributed by atoms with Crippen LogP contribution in [0.4, 0.5) is 5.69 Å². The number of anilines is 1. The zero-order chi connectivity index (χ0) is 12.0. The standard InChI is InChI=1S/C10H12ClN3O2/c11-7-2-1-3-8(4-7)14-10(16)6-13-5-9(12)15/h1-4,13H,5-6H2,(H2,12,15)(H,14,16). The lowest BCUT2D eigenvalue weighted by Gasteiger charge is -2.05. The van der Waals surface area contributed by atoms with Crippen molar-refractivity contribution in [3.63, 3.8) is 0 Å². The van der Waals surface area contributed by atoms with E-state index in [9.17, 15) is 9.59 Å². The molecule has 0 aliphatic heterocycles. The molecular formula is C10H12ClN3O2. The van der Waals surface area contributed by atoms with Crippen LogP contribution in [0.2, 0.25) is 5.02 Å². The molecule has 0 aliphatic rings. The minimum Gasteiger partial charge on any atom is -0.369 e. The number of rotatable bonds is 5. The molecule has 6 heteroatoms. The van der Waals surface area contributed by atoms with Crippen molar-refractivity contribution < 1.29 is 9.59 Å². The van der Waals surface area contributed by atoms with Crippen molar-refractivity contribution in [3.8, 4) is 0 Å². The SMILES string of the molecule is NC(=O)CNCC(=O)Nc1cccc(Cl)c1. The summed E-state index contributed by atoms with van der Waals surface area (Å²) >= 11 is 5.75. The summed E-state index contributed by atoms with van der Waals surface area (Å²) in [5.41, 5.74) is 5.51. The van der Waals surface area contributed by atoms with Gasteiger partial charge in [0.15, 0.2) is 0 Å². The monoisotopic (exact) mass is 241 g/mol. The Kier molecular flexibility index (Phi) is 4.75. The average molecular weight is 242 g/mol. The van der Waals surface area contributed by atoms with E-state index in [2.05, 4.69) is 10.6 Å². The highest BCUT2D eigenvalue weighted by Gasteiger charge is 2.02. The molecule has 0 aliphatic carbocycles. The molecular weight excluding hydrogens is 230 g/mol. The first-order valence-corrected chi connectivity index (χ1v) is 5.00. The van der Waals surface area contributed by atoms with Crippen LogP contribution in [0, 0.1) is 0 Å². The number of benzene rings is 1. The molecule has 0 saturated carbocycles. The first kappa shape index (κ1) is 12.5. The number of carbonyl (C=O) groups is 2. The topological polar surface area (TPSA) is 84.2 Å². The highest BCUT2D eigenvalue weighted by Crippen LogP contribution is 2.14. The molecule has 16 heavy (non-hydrogen) atoms. The summed E-state index contributed by atoms with van der Waals surface area (Å²) < 4.78 is 0. The number of carbonyl (C=O) groups excluding carboxylic acids is 2. The predicted octanol–water partition coefficient (Wildman–Crippen LogP) is 0.353. The number of nitrogens with one attached hydrogen (secondary N) is 2. The van der Waals surface area contributed by atoms with Gasteiger partial charge in [0.05, 0.1) is 13.1 Å². The molecule has 0 radical (unpaired) electrons. The number of nitrogens with two attached hydrogens (primary N) is 1. The summed E-state index contributed by atoms with van der Waals surface area (Å²) in [6.45, 7) is -0.00157. The zero-order valence-electron chi connectivity index (χ0n) is 8.50. The first-order chi connectivity index (χ1) is 7.58. The minimum atomic E-state index is -0.504. The van der Waals surface area contributed by atoms with Crippen molar-refractivity contribution in [2.75, 3.05) is 18.4 Å². The molecule has 1 aromatic carbocycles. The Morgan fingerprint density at radius 2 is 2.06 bits per heavy atom. The maximum Gasteiger partial charge on any atom is 0.238 e. The normalized spacial score (nSPS) is 9.81. The van der Waals surface area contributed by atoms with Gasteiger partial charge >= 0.3 is 0 Å². The van der Waals surface area contributed by atoms with Crippen molar-refractivity contribution in [2.45, 2.75) is 0 Å². The molecule has 0 fully saturated rings. The van der Waals surface area contributed by atoms with Gasteiger partial charge in [-0.05, 0) is 18.2 Å². The van der Waals surface area contributed by atoms with Crippen LogP contribution in [-0.2, 0) is 9.59 Å². The van der Waals surface area contributed by atoms with Crippen LogP contribution in [0.3, 0.4) is 0 Å². The lowest BCUT2D eigenvalue weighted by molar-refractivity contribution is -0.117. The molecule has 1 aromatic rings. The van der Waals surface area contributed by atoms with Crippen LogP contribution in [0.25, 0.3) is 0 Å². The Morgan fingerprint density at radius 1 is 1.31 bits per heavy atom. The van der Waals surface area contributed by atoms with Crippen molar-refractivity contribution in [1.29, 1.82) is 0 Å². The Hall–Kier alpha value is -1.59. The number of amides is 2. The third-order valence-corrected chi connectivity index (χ3v) is 1.93. The van der Waals surface area contributed by atoms with E-state index in [4.69, 9.17) is 17.3 Å². The summed E-state index contributed by atoms with van der Waals surface area (Å²) in [5, 5.41) is 5.76. The molecule has 0 atom stereocenters. The highest BCUT2D eigenvalue weighted by atomic mass is 35.5. The molecule has 0 bridgehead atoms.